The number of fused-ring (bicyclic) bond motifs is 1. The first-order chi connectivity index (χ1) is 12.4. The first kappa shape index (κ1) is 17.6. The third-order valence-electron chi connectivity index (χ3n) is 4.51. The molecule has 2 aromatic rings. The molecule has 1 saturated carbocycles. The third kappa shape index (κ3) is 3.79. The van der Waals surface area contributed by atoms with Gasteiger partial charge in [0.25, 0.3) is 0 Å². The number of sulfonamides is 1. The highest BCUT2D eigenvalue weighted by atomic mass is 32.2. The molecule has 1 aromatic carbocycles. The van der Waals surface area contributed by atoms with Crippen molar-refractivity contribution < 1.29 is 17.6 Å². The molecule has 0 radical (unpaired) electrons. The van der Waals surface area contributed by atoms with E-state index in [0.29, 0.717) is 23.7 Å². The minimum Gasteiger partial charge on any atom is -0.302 e. The lowest BCUT2D eigenvalue weighted by Crippen LogP contribution is -2.36. The molecule has 1 aliphatic heterocycles. The van der Waals surface area contributed by atoms with Gasteiger partial charge in [-0.2, -0.15) is 4.31 Å². The van der Waals surface area contributed by atoms with Crippen molar-refractivity contribution >= 4 is 32.4 Å². The summed E-state index contributed by atoms with van der Waals surface area (Å²) >= 11 is 1.33. The standard InChI is InChI=1S/C17H18FN3O3S2/c18-13-3-1-2-11(8-13)10-26(23,24)21-7-6-14-15(9-21)25-17(19-14)20-16(22)12-4-5-12/h1-3,8,12H,4-7,9-10H2,(H,19,20,22). The molecule has 2 heterocycles. The highest BCUT2D eigenvalue weighted by Gasteiger charge is 2.32. The van der Waals surface area contributed by atoms with Crippen LogP contribution in [0.2, 0.25) is 0 Å². The van der Waals surface area contributed by atoms with Crippen LogP contribution in [0.4, 0.5) is 9.52 Å². The minimum atomic E-state index is -3.55. The molecular formula is C17H18FN3O3S2. The molecule has 1 N–H and O–H groups in total. The van der Waals surface area contributed by atoms with Gasteiger partial charge in [0.15, 0.2) is 5.13 Å². The van der Waals surface area contributed by atoms with Gasteiger partial charge < -0.3 is 5.32 Å². The number of hydrogen-bond acceptors (Lipinski definition) is 5. The van der Waals surface area contributed by atoms with Gasteiger partial charge in [0.05, 0.1) is 11.4 Å². The molecule has 4 rings (SSSR count). The molecule has 1 aliphatic carbocycles. The van der Waals surface area contributed by atoms with Crippen LogP contribution in [-0.2, 0) is 33.5 Å². The summed E-state index contributed by atoms with van der Waals surface area (Å²) in [6.07, 6.45) is 2.35. The molecule has 1 amide bonds. The number of carbonyl (C=O) groups excluding carboxylic acids is 1. The topological polar surface area (TPSA) is 79.4 Å². The average molecular weight is 395 g/mol. The van der Waals surface area contributed by atoms with E-state index in [1.54, 1.807) is 6.07 Å². The number of benzene rings is 1. The first-order valence-electron chi connectivity index (χ1n) is 8.42. The summed E-state index contributed by atoms with van der Waals surface area (Å²) in [4.78, 5) is 17.1. The number of rotatable bonds is 5. The summed E-state index contributed by atoms with van der Waals surface area (Å²) in [6, 6.07) is 5.64. The fourth-order valence-corrected chi connectivity index (χ4v) is 5.53. The molecule has 1 fully saturated rings. The van der Waals surface area contributed by atoms with E-state index < -0.39 is 15.8 Å². The van der Waals surface area contributed by atoms with E-state index in [1.165, 1.54) is 33.8 Å². The van der Waals surface area contributed by atoms with Gasteiger partial charge in [0.1, 0.15) is 5.82 Å². The van der Waals surface area contributed by atoms with E-state index in [4.69, 9.17) is 0 Å². The second-order valence-corrected chi connectivity index (χ2v) is 9.67. The molecule has 138 valence electrons. The number of halogens is 1. The third-order valence-corrected chi connectivity index (χ3v) is 7.30. The van der Waals surface area contributed by atoms with Gasteiger partial charge in [-0.15, -0.1) is 11.3 Å². The van der Waals surface area contributed by atoms with Crippen molar-refractivity contribution in [1.29, 1.82) is 0 Å². The number of nitrogens with one attached hydrogen (secondary N) is 1. The largest absolute Gasteiger partial charge is 0.302 e. The van der Waals surface area contributed by atoms with Crippen molar-refractivity contribution in [3.05, 3.63) is 46.2 Å². The summed E-state index contributed by atoms with van der Waals surface area (Å²) in [5, 5.41) is 3.36. The van der Waals surface area contributed by atoms with Crippen LogP contribution >= 0.6 is 11.3 Å². The van der Waals surface area contributed by atoms with Gasteiger partial charge in [0.2, 0.25) is 15.9 Å². The summed E-state index contributed by atoms with van der Waals surface area (Å²) in [6.45, 7) is 0.578. The van der Waals surface area contributed by atoms with E-state index in [0.717, 1.165) is 23.4 Å². The first-order valence-corrected chi connectivity index (χ1v) is 10.8. The Kier molecular flexibility index (Phi) is 4.54. The summed E-state index contributed by atoms with van der Waals surface area (Å²) in [5.74, 6) is -0.590. The summed E-state index contributed by atoms with van der Waals surface area (Å²) in [5.41, 5.74) is 1.27. The Balaban J connectivity index is 1.46. The van der Waals surface area contributed by atoms with E-state index >= 15 is 0 Å². The molecular weight excluding hydrogens is 377 g/mol. The van der Waals surface area contributed by atoms with Crippen LogP contribution < -0.4 is 5.32 Å². The van der Waals surface area contributed by atoms with Crippen molar-refractivity contribution in [3.63, 3.8) is 0 Å². The summed E-state index contributed by atoms with van der Waals surface area (Å²) < 4.78 is 40.1. The maximum absolute atomic E-state index is 13.3. The zero-order valence-electron chi connectivity index (χ0n) is 13.9. The van der Waals surface area contributed by atoms with Crippen LogP contribution in [0, 0.1) is 11.7 Å². The number of aromatic nitrogens is 1. The van der Waals surface area contributed by atoms with Crippen molar-refractivity contribution in [1.82, 2.24) is 9.29 Å². The molecule has 9 heteroatoms. The highest BCUT2D eigenvalue weighted by Crippen LogP contribution is 2.33. The molecule has 0 atom stereocenters. The van der Waals surface area contributed by atoms with Crippen LogP contribution in [0.15, 0.2) is 24.3 Å². The zero-order valence-corrected chi connectivity index (χ0v) is 15.6. The normalized spacial score (nSPS) is 17.7. The van der Waals surface area contributed by atoms with Gasteiger partial charge in [-0.1, -0.05) is 12.1 Å². The minimum absolute atomic E-state index is 0.00770. The number of carbonyl (C=O) groups is 1. The van der Waals surface area contributed by atoms with Gasteiger partial charge in [-0.05, 0) is 30.5 Å². The van der Waals surface area contributed by atoms with Crippen LogP contribution in [-0.4, -0.2) is 30.2 Å². The maximum atomic E-state index is 13.3. The molecule has 0 unspecified atom stereocenters. The smallest absolute Gasteiger partial charge is 0.229 e. The molecule has 0 spiro atoms. The number of thiazole rings is 1. The lowest BCUT2D eigenvalue weighted by Gasteiger charge is -2.25. The Morgan fingerprint density at radius 2 is 2.19 bits per heavy atom. The summed E-state index contributed by atoms with van der Waals surface area (Å²) in [7, 11) is -3.55. The van der Waals surface area contributed by atoms with Crippen molar-refractivity contribution in [2.45, 2.75) is 31.6 Å². The van der Waals surface area contributed by atoms with Crippen molar-refractivity contribution in [3.8, 4) is 0 Å². The number of amides is 1. The quantitative estimate of drug-likeness (QED) is 0.844. The van der Waals surface area contributed by atoms with Crippen molar-refractivity contribution in [2.24, 2.45) is 5.92 Å². The second kappa shape index (κ2) is 6.71. The second-order valence-electron chi connectivity index (χ2n) is 6.62. The predicted molar refractivity (Wildman–Crippen MR) is 96.6 cm³/mol. The molecule has 26 heavy (non-hydrogen) atoms. The highest BCUT2D eigenvalue weighted by molar-refractivity contribution is 7.88. The lowest BCUT2D eigenvalue weighted by molar-refractivity contribution is -0.117. The maximum Gasteiger partial charge on any atom is 0.229 e. The number of hydrogen-bond donors (Lipinski definition) is 1. The monoisotopic (exact) mass is 395 g/mol. The van der Waals surface area contributed by atoms with E-state index in [-0.39, 0.29) is 24.1 Å². The van der Waals surface area contributed by atoms with E-state index in [9.17, 15) is 17.6 Å². The van der Waals surface area contributed by atoms with Crippen molar-refractivity contribution in [2.75, 3.05) is 11.9 Å². The number of anilines is 1. The van der Waals surface area contributed by atoms with Gasteiger partial charge in [-0.25, -0.2) is 17.8 Å². The molecule has 0 saturated heterocycles. The fourth-order valence-electron chi connectivity index (χ4n) is 2.94. The van der Waals surface area contributed by atoms with E-state index in [2.05, 4.69) is 10.3 Å². The van der Waals surface area contributed by atoms with Crippen LogP contribution in [0.3, 0.4) is 0 Å². The average Bonchev–Trinajstić information content (AvgIpc) is 3.34. The molecule has 1 aromatic heterocycles. The Morgan fingerprint density at radius 3 is 2.92 bits per heavy atom. The lowest BCUT2D eigenvalue weighted by atomic mass is 10.2. The van der Waals surface area contributed by atoms with Gasteiger partial charge in [0, 0.05) is 30.3 Å². The van der Waals surface area contributed by atoms with Crippen LogP contribution in [0.1, 0.15) is 29.0 Å². The predicted octanol–water partition coefficient (Wildman–Crippen LogP) is 2.52. The Labute approximate surface area is 155 Å². The Hall–Kier alpha value is -1.84. The fraction of sp³-hybridized carbons (Fsp3) is 0.412. The Bertz CT molecular complexity index is 954. The SMILES string of the molecule is O=C(Nc1nc2c(s1)CN(S(=O)(=O)Cc1cccc(F)c1)CC2)C1CC1. The van der Waals surface area contributed by atoms with Gasteiger partial charge in [-0.3, -0.25) is 4.79 Å². The molecule has 2 aliphatic rings. The molecule has 6 nitrogen and oxygen atoms in total. The number of nitrogens with zero attached hydrogens (tertiary/aromatic N) is 2. The van der Waals surface area contributed by atoms with Crippen LogP contribution in [0.5, 0.6) is 0 Å². The molecule has 0 bridgehead atoms. The van der Waals surface area contributed by atoms with Gasteiger partial charge >= 0.3 is 0 Å². The van der Waals surface area contributed by atoms with Crippen LogP contribution in [0.25, 0.3) is 0 Å². The van der Waals surface area contributed by atoms with E-state index in [1.807, 2.05) is 0 Å². The zero-order chi connectivity index (χ0) is 18.3. The Morgan fingerprint density at radius 1 is 1.38 bits per heavy atom.